The van der Waals surface area contributed by atoms with Crippen molar-refractivity contribution in [3.8, 4) is 0 Å². The van der Waals surface area contributed by atoms with E-state index < -0.39 is 0 Å². The summed E-state index contributed by atoms with van der Waals surface area (Å²) in [6.45, 7) is 4.97. The number of halogens is 2. The van der Waals surface area contributed by atoms with E-state index >= 15 is 0 Å². The number of rotatable bonds is 3. The third-order valence-corrected chi connectivity index (χ3v) is 6.36. The maximum atomic E-state index is 5.74. The minimum atomic E-state index is 0. The van der Waals surface area contributed by atoms with Gasteiger partial charge in [-0.3, -0.25) is 0 Å². The van der Waals surface area contributed by atoms with Crippen molar-refractivity contribution < 1.29 is 18.8 Å². The summed E-state index contributed by atoms with van der Waals surface area (Å²) >= 11 is 0.00694. The summed E-state index contributed by atoms with van der Waals surface area (Å²) in [6, 6.07) is 1.93. The second-order valence-corrected chi connectivity index (χ2v) is 10.4. The van der Waals surface area contributed by atoms with Gasteiger partial charge in [-0.05, 0) is 13.0 Å². The van der Waals surface area contributed by atoms with Gasteiger partial charge in [-0.25, -0.2) is 0 Å². The first-order valence-corrected chi connectivity index (χ1v) is 14.9. The predicted molar refractivity (Wildman–Crippen MR) is 135 cm³/mol. The summed E-state index contributed by atoms with van der Waals surface area (Å²) in [5.41, 5.74) is 5.74. The van der Waals surface area contributed by atoms with E-state index in [0.29, 0.717) is 30.2 Å². The van der Waals surface area contributed by atoms with Gasteiger partial charge >= 0.3 is 33.3 Å². The second kappa shape index (κ2) is 17.4. The van der Waals surface area contributed by atoms with Gasteiger partial charge in [-0.1, -0.05) is 57.8 Å². The Morgan fingerprint density at radius 3 is 1.53 bits per heavy atom. The predicted octanol–water partition coefficient (Wildman–Crippen LogP) is 6.96. The van der Waals surface area contributed by atoms with Crippen LogP contribution >= 0.6 is 20.2 Å². The molecule has 0 radical (unpaired) electrons. The van der Waals surface area contributed by atoms with E-state index in [1.807, 2.05) is 0 Å². The third-order valence-electron chi connectivity index (χ3n) is 6.36. The Kier molecular flexibility index (Phi) is 15.7. The second-order valence-electron chi connectivity index (χ2n) is 8.47. The van der Waals surface area contributed by atoms with Gasteiger partial charge in [0.1, 0.15) is 0 Å². The van der Waals surface area contributed by atoms with Crippen LogP contribution < -0.4 is 5.73 Å². The molecule has 0 unspecified atom stereocenters. The first-order chi connectivity index (χ1) is 14.8. The van der Waals surface area contributed by atoms with Gasteiger partial charge in [0, 0.05) is 5.71 Å². The zero-order chi connectivity index (χ0) is 21.4. The smallest absolute Gasteiger partial charge is 0 e. The summed E-state index contributed by atoms with van der Waals surface area (Å²) in [6.07, 6.45) is 12.0. The molecule has 0 aromatic carbocycles. The minimum Gasteiger partial charge on any atom is 0 e. The zero-order valence-electron chi connectivity index (χ0n) is 18.1. The standard InChI is InChI=1S/C21H39N6.2ClH.Mn.4H2/c22-11-5-6-17-16-27-21-10-4-3-9-20(21)26-15-14-25-19-8-2-1-7-18(19)24-13-12-23-17;;;;;;;/h17-21H,1-16,22H2;2*1H;;4*1H/q-5;;;+2;;;;/p-2/t17-,18+,19+,20+,21+;;;;;;;/m0......./s1. The van der Waals surface area contributed by atoms with Crippen LogP contribution in [0.2, 0.25) is 0 Å². The van der Waals surface area contributed by atoms with E-state index in [0.717, 1.165) is 52.1 Å². The molecule has 5 atom stereocenters. The van der Waals surface area contributed by atoms with Crippen molar-refractivity contribution in [2.75, 3.05) is 39.3 Å². The van der Waals surface area contributed by atoms with Crippen molar-refractivity contribution in [2.45, 2.75) is 94.4 Å². The topological polar surface area (TPSA) is 96.5 Å². The SMILES string of the molecule is NCCC[C@H]1C[N-][C@@H]2CCCC[C@H]2[N-]CC[N-][C@@H]2CCCC[C@H]2[N-]CC[N-]1.[Cl][Mn][Cl].[HH].[HH].[HH].[HH]. The van der Waals surface area contributed by atoms with Crippen molar-refractivity contribution in [1.29, 1.82) is 0 Å². The van der Waals surface area contributed by atoms with Gasteiger partial charge in [0.15, 0.2) is 0 Å². The molecule has 1 saturated heterocycles. The molecule has 2 aliphatic carbocycles. The van der Waals surface area contributed by atoms with Crippen molar-refractivity contribution in [3.63, 3.8) is 0 Å². The van der Waals surface area contributed by atoms with Gasteiger partial charge in [-0.15, -0.1) is 0 Å². The molecular formula is C21H47Cl2MnN6-5. The summed E-state index contributed by atoms with van der Waals surface area (Å²) in [5.74, 6) is 0. The van der Waals surface area contributed by atoms with Crippen molar-refractivity contribution in [1.82, 2.24) is 0 Å². The van der Waals surface area contributed by atoms with Crippen LogP contribution in [0.25, 0.3) is 26.6 Å². The van der Waals surface area contributed by atoms with Gasteiger partial charge in [0.25, 0.3) is 0 Å². The molecule has 3 aliphatic rings. The molecule has 0 aromatic heterocycles. The molecule has 1 heterocycles. The van der Waals surface area contributed by atoms with E-state index in [1.54, 1.807) is 0 Å². The fraction of sp³-hybridized carbons (Fsp3) is 1.00. The van der Waals surface area contributed by atoms with Crippen LogP contribution in [-0.4, -0.2) is 69.5 Å². The van der Waals surface area contributed by atoms with Crippen LogP contribution in [0, 0.1) is 0 Å². The van der Waals surface area contributed by atoms with Crippen molar-refractivity contribution in [3.05, 3.63) is 26.6 Å². The molecule has 2 N–H and O–H groups in total. The average molecular weight is 509 g/mol. The Labute approximate surface area is 204 Å². The Morgan fingerprint density at radius 2 is 1.10 bits per heavy atom. The van der Waals surface area contributed by atoms with E-state index in [9.17, 15) is 0 Å². The fourth-order valence-electron chi connectivity index (χ4n) is 4.80. The number of hydrogen-bond acceptors (Lipinski definition) is 1. The third kappa shape index (κ3) is 10.7. The van der Waals surface area contributed by atoms with Crippen LogP contribution in [0.5, 0.6) is 0 Å². The van der Waals surface area contributed by atoms with E-state index in [1.165, 1.54) is 51.4 Å². The number of nitrogens with zero attached hydrogens (tertiary/aromatic N) is 5. The summed E-state index contributed by atoms with van der Waals surface area (Å²) in [4.78, 5) is 0. The van der Waals surface area contributed by atoms with E-state index in [-0.39, 0.29) is 18.8 Å². The van der Waals surface area contributed by atoms with Crippen molar-refractivity contribution in [2.24, 2.45) is 5.73 Å². The quantitative estimate of drug-likeness (QED) is 0.409. The summed E-state index contributed by atoms with van der Waals surface area (Å²) < 4.78 is 0. The number of nitrogens with two attached hydrogens (primary N) is 1. The Hall–Kier alpha value is 0.859. The minimum absolute atomic E-state index is 0. The largest absolute Gasteiger partial charge is 0 e. The van der Waals surface area contributed by atoms with Crippen molar-refractivity contribution >= 4 is 20.2 Å². The maximum Gasteiger partial charge on any atom is 0 e. The molecule has 3 fully saturated rings. The van der Waals surface area contributed by atoms with Crippen LogP contribution in [0.3, 0.4) is 0 Å². The Bertz CT molecular complexity index is 441. The molecular weight excluding hydrogens is 462 g/mol. The molecule has 6 nitrogen and oxygen atoms in total. The van der Waals surface area contributed by atoms with Gasteiger partial charge in [0.2, 0.25) is 0 Å². The van der Waals surface area contributed by atoms with Gasteiger partial charge in [0.05, 0.1) is 0 Å². The van der Waals surface area contributed by atoms with Crippen LogP contribution in [0.15, 0.2) is 0 Å². The Balaban J connectivity index is -0.00000130. The van der Waals surface area contributed by atoms with Gasteiger partial charge in [-0.2, -0.15) is 62.9 Å². The zero-order valence-corrected chi connectivity index (χ0v) is 20.8. The molecule has 0 bridgehead atoms. The number of hydrogen-bond donors (Lipinski definition) is 1. The molecule has 187 valence electrons. The monoisotopic (exact) mass is 508 g/mol. The molecule has 0 spiro atoms. The first-order valence-electron chi connectivity index (χ1n) is 11.7. The molecule has 30 heavy (non-hydrogen) atoms. The fourth-order valence-corrected chi connectivity index (χ4v) is 4.80. The summed E-state index contributed by atoms with van der Waals surface area (Å²) in [5, 5.41) is 25.0. The summed E-state index contributed by atoms with van der Waals surface area (Å²) in [7, 11) is 9.59. The molecule has 3 rings (SSSR count). The number of fused-ring (bicyclic) bond motifs is 2. The van der Waals surface area contributed by atoms with Gasteiger partial charge < -0.3 is 32.3 Å². The molecule has 9 heteroatoms. The molecule has 1 aliphatic heterocycles. The molecule has 0 amide bonds. The maximum absolute atomic E-state index is 5.74. The average Bonchev–Trinajstić information content (AvgIpc) is 2.77. The normalized spacial score (nSPS) is 34.3. The van der Waals surface area contributed by atoms with Crippen LogP contribution in [0.1, 0.15) is 69.9 Å². The van der Waals surface area contributed by atoms with Crippen LogP contribution in [-0.2, 0) is 13.1 Å². The Morgan fingerprint density at radius 1 is 0.700 bits per heavy atom. The van der Waals surface area contributed by atoms with E-state index in [4.69, 9.17) is 52.5 Å². The van der Waals surface area contributed by atoms with E-state index in [2.05, 4.69) is 0 Å². The van der Waals surface area contributed by atoms with Crippen LogP contribution in [0.4, 0.5) is 0 Å². The first kappa shape index (κ1) is 27.1. The molecule has 0 aromatic rings. The molecule has 2 saturated carbocycles.